The third kappa shape index (κ3) is 10.5. The van der Waals surface area contributed by atoms with E-state index in [1.165, 1.54) is 50.1 Å². The average molecular weight is 863 g/mol. The molecule has 3 aliphatic carbocycles. The molecule has 0 heterocycles. The topological polar surface area (TPSA) is 6.48 Å². The van der Waals surface area contributed by atoms with Crippen LogP contribution >= 0.6 is 0 Å². The Kier molecular flexibility index (Phi) is 13.2. The van der Waals surface area contributed by atoms with E-state index in [4.69, 9.17) is 0 Å². The van der Waals surface area contributed by atoms with Gasteiger partial charge in [0.1, 0.15) is 0 Å². The third-order valence-corrected chi connectivity index (χ3v) is 12.7. The van der Waals surface area contributed by atoms with Crippen LogP contribution in [0, 0.1) is 0 Å². The summed E-state index contributed by atoms with van der Waals surface area (Å²) in [5, 5.41) is 0. The van der Waals surface area contributed by atoms with Crippen molar-refractivity contribution in [1.82, 2.24) is 0 Å². The molecule has 0 bridgehead atoms. The molecule has 67 heavy (non-hydrogen) atoms. The fourth-order valence-corrected chi connectivity index (χ4v) is 9.21. The SMILES string of the molecule is C1=CC=C(CC2=CC(c3ccc(N(c4ccccc4)c4ccc(-c5ccccc5)cc4)cc3)C=CC(N(C3=CCC=C(Cc4ccc(-c5ccccc5)cc4)C=C3)c3ccccc3)=C2)CC=C1. The van der Waals surface area contributed by atoms with Crippen LogP contribution < -0.4 is 9.80 Å². The Morgan fingerprint density at radius 2 is 0.970 bits per heavy atom. The van der Waals surface area contributed by atoms with Gasteiger partial charge in [0.25, 0.3) is 0 Å². The van der Waals surface area contributed by atoms with E-state index in [2.05, 4.69) is 283 Å². The lowest BCUT2D eigenvalue weighted by atomic mass is 9.93. The Bertz CT molecular complexity index is 3050. The minimum Gasteiger partial charge on any atom is -0.311 e. The quantitative estimate of drug-likeness (QED) is 0.114. The highest BCUT2D eigenvalue weighted by Crippen LogP contribution is 2.39. The molecule has 0 spiro atoms. The highest BCUT2D eigenvalue weighted by Gasteiger charge is 2.20. The van der Waals surface area contributed by atoms with Gasteiger partial charge in [-0.1, -0.05) is 212 Å². The van der Waals surface area contributed by atoms with Crippen LogP contribution in [0.1, 0.15) is 36.3 Å². The van der Waals surface area contributed by atoms with Gasteiger partial charge < -0.3 is 9.80 Å². The zero-order valence-electron chi connectivity index (χ0n) is 37.8. The minimum atomic E-state index is 0.0726. The van der Waals surface area contributed by atoms with E-state index in [0.29, 0.717) is 0 Å². The number of anilines is 4. The molecule has 324 valence electrons. The fourth-order valence-electron chi connectivity index (χ4n) is 9.21. The van der Waals surface area contributed by atoms with Crippen LogP contribution in [0.3, 0.4) is 0 Å². The number of rotatable bonds is 13. The lowest BCUT2D eigenvalue weighted by Gasteiger charge is -2.27. The van der Waals surface area contributed by atoms with Gasteiger partial charge in [0.05, 0.1) is 0 Å². The van der Waals surface area contributed by atoms with Crippen molar-refractivity contribution in [2.24, 2.45) is 0 Å². The van der Waals surface area contributed by atoms with Crippen molar-refractivity contribution in [2.45, 2.75) is 31.6 Å². The van der Waals surface area contributed by atoms with E-state index in [1.807, 2.05) is 0 Å². The summed E-state index contributed by atoms with van der Waals surface area (Å²) in [6.07, 6.45) is 33.5. The van der Waals surface area contributed by atoms with Gasteiger partial charge in [0.2, 0.25) is 0 Å². The molecular weight excluding hydrogens is 809 g/mol. The van der Waals surface area contributed by atoms with Crippen LogP contribution in [-0.2, 0) is 6.42 Å². The Hall–Kier alpha value is -8.20. The average Bonchev–Trinajstić information content (AvgIpc) is 3.88. The molecule has 3 aliphatic rings. The van der Waals surface area contributed by atoms with Gasteiger partial charge in [-0.2, -0.15) is 0 Å². The van der Waals surface area contributed by atoms with Crippen molar-refractivity contribution in [3.8, 4) is 22.3 Å². The molecule has 0 N–H and O–H groups in total. The Balaban J connectivity index is 0.949. The molecule has 1 unspecified atom stereocenters. The molecule has 0 aliphatic heterocycles. The lowest BCUT2D eigenvalue weighted by Crippen LogP contribution is -2.20. The van der Waals surface area contributed by atoms with E-state index in [1.54, 1.807) is 0 Å². The van der Waals surface area contributed by atoms with E-state index in [0.717, 1.165) is 59.8 Å². The van der Waals surface area contributed by atoms with Gasteiger partial charge in [-0.25, -0.2) is 0 Å². The minimum absolute atomic E-state index is 0.0726. The lowest BCUT2D eigenvalue weighted by molar-refractivity contribution is 1.02. The number of allylic oxidation sites excluding steroid dienone is 16. The predicted octanol–water partition coefficient (Wildman–Crippen LogP) is 17.3. The summed E-state index contributed by atoms with van der Waals surface area (Å²) in [4.78, 5) is 4.77. The molecule has 0 aromatic heterocycles. The standard InChI is InChI=1S/C65H54N2/c1-2-8-19-50(18-7-1)47-53-48-59(58-37-43-64(44-38-58)66(60-25-13-5-14-26-60)63-41-35-57(36-42-63)55-23-11-4-12-24-55)39-45-65(49-53)67(61-27-15-6-16-28-61)62-29-17-20-51(32-40-62)46-52-30-33-56(34-31-52)54-21-9-3-10-22-54/h1-16,18,20-45,48-49,59H,17,19,46-47H2. The molecule has 0 saturated heterocycles. The largest absolute Gasteiger partial charge is 0.311 e. The molecular formula is C65H54N2. The van der Waals surface area contributed by atoms with Crippen molar-refractivity contribution < 1.29 is 0 Å². The number of benzene rings is 7. The summed E-state index contributed by atoms with van der Waals surface area (Å²) < 4.78 is 0. The van der Waals surface area contributed by atoms with Gasteiger partial charge in [-0.3, -0.25) is 0 Å². The first-order valence-corrected chi connectivity index (χ1v) is 23.5. The molecule has 0 amide bonds. The first kappa shape index (κ1) is 42.7. The maximum absolute atomic E-state index is 2.47. The summed E-state index contributed by atoms with van der Waals surface area (Å²) in [6, 6.07) is 69.7. The molecule has 0 fully saturated rings. The maximum Gasteiger partial charge on any atom is 0.0462 e. The second-order valence-corrected chi connectivity index (χ2v) is 17.3. The maximum atomic E-state index is 2.47. The number of hydrogen-bond acceptors (Lipinski definition) is 2. The number of para-hydroxylation sites is 2. The van der Waals surface area contributed by atoms with Crippen molar-refractivity contribution in [3.05, 3.63) is 312 Å². The third-order valence-electron chi connectivity index (χ3n) is 12.7. The molecule has 7 aromatic rings. The van der Waals surface area contributed by atoms with Gasteiger partial charge in [-0.05, 0) is 137 Å². The van der Waals surface area contributed by atoms with Crippen LogP contribution in [0.4, 0.5) is 22.7 Å². The van der Waals surface area contributed by atoms with Crippen molar-refractivity contribution in [1.29, 1.82) is 0 Å². The van der Waals surface area contributed by atoms with Crippen LogP contribution in [0.25, 0.3) is 22.3 Å². The van der Waals surface area contributed by atoms with E-state index >= 15 is 0 Å². The molecule has 2 nitrogen and oxygen atoms in total. The molecule has 0 saturated carbocycles. The summed E-state index contributed by atoms with van der Waals surface area (Å²) >= 11 is 0. The second kappa shape index (κ2) is 20.7. The first-order chi connectivity index (χ1) is 33.2. The van der Waals surface area contributed by atoms with Gasteiger partial charge in [0, 0.05) is 40.1 Å². The normalized spacial score (nSPS) is 15.5. The predicted molar refractivity (Wildman–Crippen MR) is 285 cm³/mol. The van der Waals surface area contributed by atoms with Crippen LogP contribution in [0.2, 0.25) is 0 Å². The van der Waals surface area contributed by atoms with Crippen molar-refractivity contribution in [3.63, 3.8) is 0 Å². The molecule has 0 radical (unpaired) electrons. The van der Waals surface area contributed by atoms with E-state index in [9.17, 15) is 0 Å². The second-order valence-electron chi connectivity index (χ2n) is 17.3. The smallest absolute Gasteiger partial charge is 0.0462 e. The van der Waals surface area contributed by atoms with Gasteiger partial charge in [-0.15, -0.1) is 0 Å². The van der Waals surface area contributed by atoms with Gasteiger partial charge >= 0.3 is 0 Å². The Labute approximate surface area is 396 Å². The van der Waals surface area contributed by atoms with Crippen LogP contribution in [0.5, 0.6) is 0 Å². The molecule has 1 atom stereocenters. The highest BCUT2D eigenvalue weighted by molar-refractivity contribution is 5.78. The first-order valence-electron chi connectivity index (χ1n) is 23.5. The van der Waals surface area contributed by atoms with Gasteiger partial charge in [0.15, 0.2) is 0 Å². The number of nitrogens with zero attached hydrogens (tertiary/aromatic N) is 2. The molecule has 2 heteroatoms. The summed E-state index contributed by atoms with van der Waals surface area (Å²) in [7, 11) is 0. The highest BCUT2D eigenvalue weighted by atomic mass is 15.2. The van der Waals surface area contributed by atoms with E-state index in [-0.39, 0.29) is 5.92 Å². The zero-order chi connectivity index (χ0) is 45.0. The molecule has 7 aromatic carbocycles. The summed E-state index contributed by atoms with van der Waals surface area (Å²) in [6.45, 7) is 0. The Morgan fingerprint density at radius 1 is 0.418 bits per heavy atom. The zero-order valence-corrected chi connectivity index (χ0v) is 37.8. The van der Waals surface area contributed by atoms with E-state index < -0.39 is 0 Å². The fraction of sp³-hybridized carbons (Fsp3) is 0.0769. The summed E-state index contributed by atoms with van der Waals surface area (Å²) in [5.41, 5.74) is 18.3. The van der Waals surface area contributed by atoms with Crippen LogP contribution in [-0.4, -0.2) is 0 Å². The molecule has 10 rings (SSSR count). The number of hydrogen-bond donors (Lipinski definition) is 0. The van der Waals surface area contributed by atoms with Crippen molar-refractivity contribution in [2.75, 3.05) is 9.80 Å². The summed E-state index contributed by atoms with van der Waals surface area (Å²) in [5.74, 6) is 0.0726. The van der Waals surface area contributed by atoms with Crippen LogP contribution in [0.15, 0.2) is 301 Å². The van der Waals surface area contributed by atoms with Crippen molar-refractivity contribution >= 4 is 22.7 Å². The monoisotopic (exact) mass is 862 g/mol. The Morgan fingerprint density at radius 3 is 1.61 bits per heavy atom.